The molecule has 0 saturated carbocycles. The molecule has 6 nitrogen and oxygen atoms in total. The molecule has 130 valence electrons. The maximum Gasteiger partial charge on any atom is 0.261 e. The first kappa shape index (κ1) is 19.8. The van der Waals surface area contributed by atoms with Gasteiger partial charge in [0.2, 0.25) is 0 Å². The lowest BCUT2D eigenvalue weighted by atomic mass is 10.1. The number of hydrogen-bond donors (Lipinski definition) is 0. The minimum Gasteiger partial charge on any atom is -0.377 e. The smallest absolute Gasteiger partial charge is 0.261 e. The molecule has 1 heterocycles. The third kappa shape index (κ3) is 5.78. The van der Waals surface area contributed by atoms with Gasteiger partial charge in [-0.3, -0.25) is 14.5 Å². The molecule has 1 aliphatic heterocycles. The second-order valence-electron chi connectivity index (χ2n) is 4.77. The molecule has 0 aromatic carbocycles. The van der Waals surface area contributed by atoms with Gasteiger partial charge in [-0.1, -0.05) is 30.7 Å². The molecule has 0 N–H and O–H groups in total. The Hall–Kier alpha value is -2.20. The van der Waals surface area contributed by atoms with Crippen LogP contribution in [0.2, 0.25) is 0 Å². The van der Waals surface area contributed by atoms with Gasteiger partial charge >= 0.3 is 0 Å². The van der Waals surface area contributed by atoms with Crippen molar-refractivity contribution in [2.75, 3.05) is 46.2 Å². The summed E-state index contributed by atoms with van der Waals surface area (Å²) in [6.07, 6.45) is 9.78. The highest BCUT2D eigenvalue weighted by Gasteiger charge is 2.34. The molecule has 2 amide bonds. The highest BCUT2D eigenvalue weighted by atomic mass is 16.5. The van der Waals surface area contributed by atoms with E-state index in [4.69, 9.17) is 20.6 Å². The summed E-state index contributed by atoms with van der Waals surface area (Å²) in [5.41, 5.74) is 0.696. The van der Waals surface area contributed by atoms with Gasteiger partial charge in [-0.2, -0.15) is 0 Å². The van der Waals surface area contributed by atoms with E-state index >= 15 is 0 Å². The quantitative estimate of drug-likeness (QED) is 0.304. The van der Waals surface area contributed by atoms with E-state index in [1.165, 1.54) is 11.0 Å². The molecule has 6 heteroatoms. The zero-order valence-corrected chi connectivity index (χ0v) is 14.0. The van der Waals surface area contributed by atoms with Gasteiger partial charge in [0.1, 0.15) is 6.61 Å². The topological polar surface area (TPSA) is 65.1 Å². The lowest BCUT2D eigenvalue weighted by Gasteiger charge is -2.14. The van der Waals surface area contributed by atoms with Crippen LogP contribution in [0.25, 0.3) is 0 Å². The van der Waals surface area contributed by atoms with Crippen molar-refractivity contribution < 1.29 is 23.8 Å². The molecule has 0 unspecified atom stereocenters. The number of terminal acetylenes is 1. The van der Waals surface area contributed by atoms with Gasteiger partial charge in [-0.15, -0.1) is 6.42 Å². The Kier molecular flexibility index (Phi) is 9.39. The summed E-state index contributed by atoms with van der Waals surface area (Å²) in [7, 11) is 0. The fourth-order valence-electron chi connectivity index (χ4n) is 2.07. The summed E-state index contributed by atoms with van der Waals surface area (Å²) in [6, 6.07) is 0. The van der Waals surface area contributed by atoms with Crippen LogP contribution in [-0.4, -0.2) is 62.9 Å². The van der Waals surface area contributed by atoms with E-state index in [9.17, 15) is 9.59 Å². The summed E-state index contributed by atoms with van der Waals surface area (Å²) in [6.45, 7) is 7.74. The Morgan fingerprint density at radius 3 is 2.21 bits per heavy atom. The van der Waals surface area contributed by atoms with Gasteiger partial charge in [0.05, 0.1) is 50.7 Å². The lowest BCUT2D eigenvalue weighted by molar-refractivity contribution is -0.138. The molecular weight excluding hydrogens is 310 g/mol. The third-order valence-corrected chi connectivity index (χ3v) is 3.17. The highest BCUT2D eigenvalue weighted by molar-refractivity contribution is 6.21. The molecule has 0 fully saturated rings. The van der Waals surface area contributed by atoms with Crippen molar-refractivity contribution in [3.8, 4) is 12.3 Å². The average molecular weight is 333 g/mol. The summed E-state index contributed by atoms with van der Waals surface area (Å²) in [4.78, 5) is 25.5. The number of hydrogen-bond acceptors (Lipinski definition) is 5. The third-order valence-electron chi connectivity index (χ3n) is 3.17. The van der Waals surface area contributed by atoms with Gasteiger partial charge in [0.25, 0.3) is 11.8 Å². The van der Waals surface area contributed by atoms with Gasteiger partial charge < -0.3 is 14.2 Å². The molecule has 0 saturated heterocycles. The number of allylic oxidation sites excluding steroid dienone is 1. The standard InChI is InChI=1S/C18H23NO5/c1-4-7-16-15(6-3)17(20)19(18(16)21)8-10-23-12-14-24-13-11-22-9-5-2/h2,4,6-7H,3,8-14H2,1H3. The predicted molar refractivity (Wildman–Crippen MR) is 90.0 cm³/mol. The predicted octanol–water partition coefficient (Wildman–Crippen LogP) is 1.10. The largest absolute Gasteiger partial charge is 0.377 e. The van der Waals surface area contributed by atoms with Crippen LogP contribution in [0.1, 0.15) is 6.92 Å². The molecule has 24 heavy (non-hydrogen) atoms. The lowest BCUT2D eigenvalue weighted by Crippen LogP contribution is -2.34. The number of rotatable bonds is 12. The van der Waals surface area contributed by atoms with Crippen LogP contribution in [0.4, 0.5) is 0 Å². The number of amides is 2. The first-order valence-corrected chi connectivity index (χ1v) is 7.69. The Morgan fingerprint density at radius 2 is 1.62 bits per heavy atom. The first-order valence-electron chi connectivity index (χ1n) is 7.69. The normalized spacial score (nSPS) is 14.8. The summed E-state index contributed by atoms with van der Waals surface area (Å²) in [5, 5.41) is 0. The zero-order valence-electron chi connectivity index (χ0n) is 14.0. The van der Waals surface area contributed by atoms with Crippen molar-refractivity contribution in [3.05, 3.63) is 36.0 Å². The molecule has 0 atom stereocenters. The van der Waals surface area contributed by atoms with Crippen molar-refractivity contribution in [2.45, 2.75) is 6.92 Å². The van der Waals surface area contributed by atoms with Crippen LogP contribution in [0.15, 0.2) is 36.0 Å². The van der Waals surface area contributed by atoms with E-state index in [2.05, 4.69) is 12.5 Å². The Labute approximate surface area is 142 Å². The second kappa shape index (κ2) is 11.4. The maximum absolute atomic E-state index is 12.2. The fourth-order valence-corrected chi connectivity index (χ4v) is 2.07. The van der Waals surface area contributed by atoms with E-state index in [0.717, 1.165) is 0 Å². The van der Waals surface area contributed by atoms with E-state index in [-0.39, 0.29) is 31.6 Å². The Morgan fingerprint density at radius 1 is 1.04 bits per heavy atom. The monoisotopic (exact) mass is 333 g/mol. The van der Waals surface area contributed by atoms with E-state index in [0.29, 0.717) is 37.6 Å². The number of nitrogens with zero attached hydrogens (tertiary/aromatic N) is 1. The van der Waals surface area contributed by atoms with Crippen LogP contribution >= 0.6 is 0 Å². The minimum atomic E-state index is -0.339. The van der Waals surface area contributed by atoms with E-state index in [1.54, 1.807) is 19.1 Å². The Balaban J connectivity index is 2.23. The zero-order chi connectivity index (χ0) is 17.8. The SMILES string of the molecule is C#CCOCCOCCOCCN1C(=O)C(C=C)=C(C=CC)C1=O. The van der Waals surface area contributed by atoms with Gasteiger partial charge in [0.15, 0.2) is 0 Å². The Bertz CT molecular complexity index is 556. The number of imide groups is 1. The minimum absolute atomic E-state index is 0.196. The van der Waals surface area contributed by atoms with Gasteiger partial charge in [0, 0.05) is 0 Å². The molecule has 0 aromatic rings. The van der Waals surface area contributed by atoms with Crippen LogP contribution in [0, 0.1) is 12.3 Å². The summed E-state index contributed by atoms with van der Waals surface area (Å²) in [5.74, 6) is 1.70. The van der Waals surface area contributed by atoms with Crippen molar-refractivity contribution in [1.29, 1.82) is 0 Å². The van der Waals surface area contributed by atoms with Crippen LogP contribution < -0.4 is 0 Å². The second-order valence-corrected chi connectivity index (χ2v) is 4.77. The molecule has 0 spiro atoms. The molecule has 0 aromatic heterocycles. The van der Waals surface area contributed by atoms with Crippen molar-refractivity contribution in [3.63, 3.8) is 0 Å². The van der Waals surface area contributed by atoms with Crippen molar-refractivity contribution >= 4 is 11.8 Å². The fraction of sp³-hybridized carbons (Fsp3) is 0.444. The first-order chi connectivity index (χ1) is 11.7. The van der Waals surface area contributed by atoms with Crippen LogP contribution in [0.3, 0.4) is 0 Å². The number of carbonyl (C=O) groups is 2. The van der Waals surface area contributed by atoms with Crippen LogP contribution in [-0.2, 0) is 23.8 Å². The molecular formula is C18H23NO5. The molecule has 1 rings (SSSR count). The van der Waals surface area contributed by atoms with Gasteiger partial charge in [-0.25, -0.2) is 0 Å². The van der Waals surface area contributed by atoms with E-state index < -0.39 is 0 Å². The van der Waals surface area contributed by atoms with E-state index in [1.807, 2.05) is 0 Å². The number of carbonyl (C=O) groups excluding carboxylic acids is 2. The molecule has 0 radical (unpaired) electrons. The van der Waals surface area contributed by atoms with Gasteiger partial charge in [-0.05, 0) is 6.92 Å². The van der Waals surface area contributed by atoms with Crippen molar-refractivity contribution in [2.24, 2.45) is 0 Å². The maximum atomic E-state index is 12.2. The number of ether oxygens (including phenoxy) is 3. The molecule has 1 aliphatic rings. The molecule has 0 aliphatic carbocycles. The highest BCUT2D eigenvalue weighted by Crippen LogP contribution is 2.22. The van der Waals surface area contributed by atoms with Crippen molar-refractivity contribution in [1.82, 2.24) is 4.90 Å². The van der Waals surface area contributed by atoms with Crippen LogP contribution in [0.5, 0.6) is 0 Å². The molecule has 0 bridgehead atoms. The summed E-state index contributed by atoms with van der Waals surface area (Å²) >= 11 is 0. The summed E-state index contributed by atoms with van der Waals surface area (Å²) < 4.78 is 15.7. The average Bonchev–Trinajstić information content (AvgIpc) is 2.80.